The minimum Gasteiger partial charge on any atom is -0.371 e. The van der Waals surface area contributed by atoms with Crippen molar-refractivity contribution in [2.24, 2.45) is 0 Å². The van der Waals surface area contributed by atoms with Crippen LogP contribution in [0.1, 0.15) is 18.9 Å². The molecule has 3 rings (SSSR count). The van der Waals surface area contributed by atoms with Gasteiger partial charge in [0.05, 0.1) is 23.7 Å². The molecule has 0 radical (unpaired) electrons. The smallest absolute Gasteiger partial charge is 0.153 e. The Labute approximate surface area is 132 Å². The summed E-state index contributed by atoms with van der Waals surface area (Å²) < 4.78 is 29.4. The van der Waals surface area contributed by atoms with E-state index in [-0.39, 0.29) is 11.5 Å². The van der Waals surface area contributed by atoms with Crippen LogP contribution in [0.5, 0.6) is 0 Å². The topological polar surface area (TPSA) is 46.6 Å². The van der Waals surface area contributed by atoms with Gasteiger partial charge < -0.3 is 4.74 Å². The molecular weight excluding hydrogens is 298 g/mol. The fourth-order valence-electron chi connectivity index (χ4n) is 3.42. The van der Waals surface area contributed by atoms with E-state index in [2.05, 4.69) is 30.0 Å². The highest BCUT2D eigenvalue weighted by Gasteiger charge is 2.46. The van der Waals surface area contributed by atoms with E-state index >= 15 is 0 Å². The third-order valence-electron chi connectivity index (χ3n) is 4.36. The van der Waals surface area contributed by atoms with Gasteiger partial charge in [0.25, 0.3) is 0 Å². The van der Waals surface area contributed by atoms with Crippen molar-refractivity contribution < 1.29 is 13.2 Å². The molecule has 0 saturated carbocycles. The number of sulfone groups is 1. The second-order valence-corrected chi connectivity index (χ2v) is 8.67. The van der Waals surface area contributed by atoms with Gasteiger partial charge in [-0.3, -0.25) is 4.90 Å². The van der Waals surface area contributed by atoms with Gasteiger partial charge in [-0.15, -0.1) is 0 Å². The van der Waals surface area contributed by atoms with Crippen molar-refractivity contribution in [3.05, 3.63) is 41.5 Å². The minimum absolute atomic E-state index is 0.179. The van der Waals surface area contributed by atoms with Crippen molar-refractivity contribution in [2.75, 3.05) is 37.7 Å². The molecule has 1 aromatic rings. The van der Waals surface area contributed by atoms with E-state index in [1.165, 1.54) is 11.1 Å². The Morgan fingerprint density at radius 1 is 1.36 bits per heavy atom. The summed E-state index contributed by atoms with van der Waals surface area (Å²) >= 11 is 0. The molecule has 2 fully saturated rings. The molecule has 120 valence electrons. The second-order valence-electron chi connectivity index (χ2n) is 6.49. The van der Waals surface area contributed by atoms with Gasteiger partial charge >= 0.3 is 0 Å². The van der Waals surface area contributed by atoms with E-state index in [0.717, 1.165) is 13.1 Å². The van der Waals surface area contributed by atoms with Crippen molar-refractivity contribution in [1.82, 2.24) is 4.90 Å². The fourth-order valence-corrected chi connectivity index (χ4v) is 5.36. The summed E-state index contributed by atoms with van der Waals surface area (Å²) in [4.78, 5) is 2.32. The van der Waals surface area contributed by atoms with E-state index in [9.17, 15) is 8.42 Å². The molecule has 2 aliphatic rings. The predicted octanol–water partition coefficient (Wildman–Crippen LogP) is 1.98. The Bertz CT molecular complexity index is 654. The van der Waals surface area contributed by atoms with Crippen LogP contribution in [0.3, 0.4) is 0 Å². The Morgan fingerprint density at radius 3 is 2.82 bits per heavy atom. The van der Waals surface area contributed by atoms with Crippen LogP contribution in [0.25, 0.3) is 6.08 Å². The van der Waals surface area contributed by atoms with Crippen LogP contribution in [0.4, 0.5) is 0 Å². The Kier molecular flexibility index (Phi) is 4.39. The van der Waals surface area contributed by atoms with Crippen molar-refractivity contribution in [2.45, 2.75) is 18.9 Å². The Balaban J connectivity index is 1.65. The molecule has 2 aliphatic heterocycles. The van der Waals surface area contributed by atoms with Gasteiger partial charge in [-0.25, -0.2) is 8.42 Å². The molecule has 22 heavy (non-hydrogen) atoms. The number of morpholine rings is 1. The van der Waals surface area contributed by atoms with Crippen LogP contribution >= 0.6 is 0 Å². The number of hydrogen-bond acceptors (Lipinski definition) is 4. The summed E-state index contributed by atoms with van der Waals surface area (Å²) in [7, 11) is -2.92. The van der Waals surface area contributed by atoms with Crippen LogP contribution in [-0.2, 0) is 14.6 Å². The molecule has 1 spiro atoms. The highest BCUT2D eigenvalue weighted by atomic mass is 32.2. The first-order valence-corrected chi connectivity index (χ1v) is 9.58. The summed E-state index contributed by atoms with van der Waals surface area (Å²) in [5.41, 5.74) is 2.01. The first kappa shape index (κ1) is 15.7. The van der Waals surface area contributed by atoms with Crippen LogP contribution < -0.4 is 0 Å². The molecule has 0 aliphatic carbocycles. The lowest BCUT2D eigenvalue weighted by Crippen LogP contribution is -2.52. The molecule has 0 bridgehead atoms. The van der Waals surface area contributed by atoms with Gasteiger partial charge in [-0.1, -0.05) is 42.0 Å². The van der Waals surface area contributed by atoms with Crippen molar-refractivity contribution in [3.8, 4) is 0 Å². The normalized spacial score (nSPS) is 29.0. The summed E-state index contributed by atoms with van der Waals surface area (Å²) in [5, 5.41) is 0. The number of rotatable bonds is 3. The first-order chi connectivity index (χ1) is 10.5. The number of hydrogen-bond donors (Lipinski definition) is 0. The number of nitrogens with zero attached hydrogens (tertiary/aromatic N) is 1. The van der Waals surface area contributed by atoms with Gasteiger partial charge in [0.2, 0.25) is 0 Å². The average molecular weight is 321 g/mol. The van der Waals surface area contributed by atoms with E-state index < -0.39 is 15.4 Å². The molecule has 1 unspecified atom stereocenters. The van der Waals surface area contributed by atoms with E-state index in [4.69, 9.17) is 4.74 Å². The summed E-state index contributed by atoms with van der Waals surface area (Å²) in [6.07, 6.45) is 2.82. The van der Waals surface area contributed by atoms with Gasteiger partial charge in [-0.2, -0.15) is 0 Å². The summed E-state index contributed by atoms with van der Waals surface area (Å²) in [6, 6.07) is 10.3. The molecule has 0 amide bonds. The van der Waals surface area contributed by atoms with Gasteiger partial charge in [-0.05, 0) is 18.9 Å². The standard InChI is InChI=1S/C17H23NO3S/c1-15(11-16-5-3-2-4-6-16)12-18-8-9-21-17(13-18)7-10-22(19,20)14-17/h2-6,11H,7-10,12-14H2,1H3. The van der Waals surface area contributed by atoms with Gasteiger partial charge in [0.15, 0.2) is 9.84 Å². The first-order valence-electron chi connectivity index (χ1n) is 7.75. The number of ether oxygens (including phenoxy) is 1. The second kappa shape index (κ2) is 6.14. The van der Waals surface area contributed by atoms with Gasteiger partial charge in [0.1, 0.15) is 0 Å². The van der Waals surface area contributed by atoms with Crippen LogP contribution in [0, 0.1) is 0 Å². The lowest BCUT2D eigenvalue weighted by atomic mass is 10.0. The molecule has 4 nitrogen and oxygen atoms in total. The van der Waals surface area contributed by atoms with Crippen molar-refractivity contribution in [3.63, 3.8) is 0 Å². The Morgan fingerprint density at radius 2 is 2.14 bits per heavy atom. The third-order valence-corrected chi connectivity index (χ3v) is 6.16. The van der Waals surface area contributed by atoms with E-state index in [0.29, 0.717) is 19.6 Å². The molecule has 1 aromatic carbocycles. The molecular formula is C17H23NO3S. The minimum atomic E-state index is -2.92. The molecule has 2 saturated heterocycles. The van der Waals surface area contributed by atoms with Crippen LogP contribution in [0.15, 0.2) is 35.9 Å². The fraction of sp³-hybridized carbons (Fsp3) is 0.529. The zero-order chi connectivity index (χ0) is 15.6. The molecule has 1 atom stereocenters. The van der Waals surface area contributed by atoms with Crippen molar-refractivity contribution >= 4 is 15.9 Å². The third kappa shape index (κ3) is 3.77. The maximum atomic E-state index is 11.8. The highest BCUT2D eigenvalue weighted by Crippen LogP contribution is 2.31. The molecule has 0 aromatic heterocycles. The summed E-state index contributed by atoms with van der Waals surface area (Å²) in [5.74, 6) is 0.442. The van der Waals surface area contributed by atoms with Gasteiger partial charge in [0, 0.05) is 19.6 Å². The van der Waals surface area contributed by atoms with Crippen LogP contribution in [0.2, 0.25) is 0 Å². The maximum Gasteiger partial charge on any atom is 0.153 e. The number of benzene rings is 1. The van der Waals surface area contributed by atoms with E-state index in [1.54, 1.807) is 0 Å². The quantitative estimate of drug-likeness (QED) is 0.854. The molecule has 5 heteroatoms. The predicted molar refractivity (Wildman–Crippen MR) is 88.5 cm³/mol. The summed E-state index contributed by atoms with van der Waals surface area (Å²) in [6.45, 7) is 5.18. The van der Waals surface area contributed by atoms with Crippen LogP contribution in [-0.4, -0.2) is 56.7 Å². The SMILES string of the molecule is CC(=Cc1ccccc1)CN1CCOC2(CCS(=O)(=O)C2)C1. The zero-order valence-corrected chi connectivity index (χ0v) is 13.8. The Hall–Kier alpha value is -1.17. The van der Waals surface area contributed by atoms with Crippen molar-refractivity contribution in [1.29, 1.82) is 0 Å². The lowest BCUT2D eigenvalue weighted by molar-refractivity contribution is -0.0901. The highest BCUT2D eigenvalue weighted by molar-refractivity contribution is 7.91. The molecule has 0 N–H and O–H groups in total. The monoisotopic (exact) mass is 321 g/mol. The van der Waals surface area contributed by atoms with E-state index in [1.807, 2.05) is 18.2 Å². The zero-order valence-electron chi connectivity index (χ0n) is 13.0. The largest absolute Gasteiger partial charge is 0.371 e. The lowest BCUT2D eigenvalue weighted by Gasteiger charge is -2.39. The average Bonchev–Trinajstić information content (AvgIpc) is 2.74. The maximum absolute atomic E-state index is 11.8. The molecule has 2 heterocycles.